The minimum Gasteiger partial charge on any atom is -0.550 e. The Balaban J connectivity index is 0. The molecule has 0 heterocycles. The van der Waals surface area contributed by atoms with Crippen LogP contribution in [0.15, 0.2) is 0 Å². The van der Waals surface area contributed by atoms with Crippen molar-refractivity contribution in [1.29, 1.82) is 0 Å². The normalized spacial score (nSPS) is 7.00. The van der Waals surface area contributed by atoms with Crippen molar-refractivity contribution in [2.45, 2.75) is 6.42 Å². The van der Waals surface area contributed by atoms with Gasteiger partial charge in [-0.25, -0.2) is 0 Å². The first kappa shape index (κ1) is 10.1. The summed E-state index contributed by atoms with van der Waals surface area (Å²) in [7, 11) is 0. The number of hydrogen-bond acceptors (Lipinski definition) is 3. The SMILES string of the molecule is NCCC(=O)[O-].[Zn+2]. The van der Waals surface area contributed by atoms with E-state index in [1.807, 2.05) is 0 Å². The summed E-state index contributed by atoms with van der Waals surface area (Å²) < 4.78 is 0. The van der Waals surface area contributed by atoms with Gasteiger partial charge in [0.2, 0.25) is 0 Å². The first-order valence-corrected chi connectivity index (χ1v) is 1.67. The number of carbonyl (C=O) groups is 1. The molecule has 0 saturated carbocycles. The topological polar surface area (TPSA) is 66.2 Å². The van der Waals surface area contributed by atoms with Crippen LogP contribution in [0.5, 0.6) is 0 Å². The van der Waals surface area contributed by atoms with Crippen LogP contribution in [0.2, 0.25) is 0 Å². The van der Waals surface area contributed by atoms with Gasteiger partial charge in [-0.2, -0.15) is 0 Å². The molecule has 0 radical (unpaired) electrons. The summed E-state index contributed by atoms with van der Waals surface area (Å²) >= 11 is 0. The molecule has 2 N–H and O–H groups in total. The van der Waals surface area contributed by atoms with Crippen LogP contribution < -0.4 is 10.8 Å². The Labute approximate surface area is 54.6 Å². The maximum Gasteiger partial charge on any atom is 2.00 e. The molecule has 0 aromatic carbocycles. The van der Waals surface area contributed by atoms with Gasteiger partial charge >= 0.3 is 19.5 Å². The summed E-state index contributed by atoms with van der Waals surface area (Å²) in [5.41, 5.74) is 4.81. The van der Waals surface area contributed by atoms with E-state index in [4.69, 9.17) is 5.73 Å². The Morgan fingerprint density at radius 3 is 2.14 bits per heavy atom. The molecular weight excluding hydrogens is 147 g/mol. The quantitative estimate of drug-likeness (QED) is 0.471. The molecule has 0 atom stereocenters. The van der Waals surface area contributed by atoms with E-state index in [0.29, 0.717) is 0 Å². The smallest absolute Gasteiger partial charge is 0.550 e. The van der Waals surface area contributed by atoms with E-state index in [0.717, 1.165) is 0 Å². The average Bonchev–Trinajstić information content (AvgIpc) is 1.35. The Kier molecular flexibility index (Phi) is 8.75. The van der Waals surface area contributed by atoms with Crippen LogP contribution >= 0.6 is 0 Å². The Bertz CT molecular complexity index is 56.9. The maximum atomic E-state index is 9.41. The molecule has 0 aliphatic carbocycles. The average molecular weight is 153 g/mol. The van der Waals surface area contributed by atoms with E-state index in [-0.39, 0.29) is 32.4 Å². The van der Waals surface area contributed by atoms with E-state index in [2.05, 4.69) is 0 Å². The zero-order valence-electron chi connectivity index (χ0n) is 4.02. The van der Waals surface area contributed by atoms with Crippen LogP contribution in [-0.4, -0.2) is 12.5 Å². The fraction of sp³-hybridized carbons (Fsp3) is 0.667. The fourth-order valence-corrected chi connectivity index (χ4v) is 0.118. The van der Waals surface area contributed by atoms with E-state index >= 15 is 0 Å². The van der Waals surface area contributed by atoms with Crippen molar-refractivity contribution in [1.82, 2.24) is 0 Å². The van der Waals surface area contributed by atoms with Gasteiger partial charge in [-0.05, 0) is 13.0 Å². The number of carbonyl (C=O) groups excluding carboxylic acids is 1. The third kappa shape index (κ3) is 10.7. The van der Waals surface area contributed by atoms with E-state index in [1.54, 1.807) is 0 Å². The van der Waals surface area contributed by atoms with Crippen molar-refractivity contribution in [3.63, 3.8) is 0 Å². The van der Waals surface area contributed by atoms with Crippen LogP contribution in [0, 0.1) is 0 Å². The Hall–Kier alpha value is 0.0534. The predicted octanol–water partition coefficient (Wildman–Crippen LogP) is -1.92. The van der Waals surface area contributed by atoms with Crippen molar-refractivity contribution in [3.8, 4) is 0 Å². The number of carboxylic acid groups (broad SMARTS) is 1. The number of hydrogen-bond donors (Lipinski definition) is 1. The van der Waals surface area contributed by atoms with E-state index < -0.39 is 5.97 Å². The summed E-state index contributed by atoms with van der Waals surface area (Å²) in [4.78, 5) is 9.41. The molecule has 0 rings (SSSR count). The molecule has 36 valence electrons. The van der Waals surface area contributed by atoms with Gasteiger partial charge in [0.25, 0.3) is 0 Å². The molecule has 0 aliphatic heterocycles. The summed E-state index contributed by atoms with van der Waals surface area (Å²) in [5.74, 6) is -1.09. The van der Waals surface area contributed by atoms with Gasteiger partial charge in [-0.1, -0.05) is 0 Å². The van der Waals surface area contributed by atoms with Crippen molar-refractivity contribution in [2.75, 3.05) is 6.54 Å². The zero-order chi connectivity index (χ0) is 4.99. The summed E-state index contributed by atoms with van der Waals surface area (Å²) in [6.45, 7) is 0.169. The molecule has 0 unspecified atom stereocenters. The van der Waals surface area contributed by atoms with Crippen molar-refractivity contribution in [2.24, 2.45) is 5.73 Å². The second kappa shape index (κ2) is 6.05. The Morgan fingerprint density at radius 2 is 2.14 bits per heavy atom. The number of carboxylic acids is 1. The monoisotopic (exact) mass is 152 g/mol. The molecule has 0 aliphatic rings. The summed E-state index contributed by atoms with van der Waals surface area (Å²) in [6.07, 6.45) is -0.0417. The molecule has 0 saturated heterocycles. The molecule has 7 heavy (non-hydrogen) atoms. The predicted molar refractivity (Wildman–Crippen MR) is 18.7 cm³/mol. The van der Waals surface area contributed by atoms with Crippen LogP contribution in [0.1, 0.15) is 6.42 Å². The second-order valence-electron chi connectivity index (χ2n) is 0.911. The van der Waals surface area contributed by atoms with Gasteiger partial charge < -0.3 is 15.6 Å². The maximum absolute atomic E-state index is 9.41. The van der Waals surface area contributed by atoms with Crippen LogP contribution in [0.25, 0.3) is 0 Å². The van der Waals surface area contributed by atoms with E-state index in [1.165, 1.54) is 0 Å². The van der Waals surface area contributed by atoms with Crippen molar-refractivity contribution in [3.05, 3.63) is 0 Å². The fourth-order valence-electron chi connectivity index (χ4n) is 0.118. The number of rotatable bonds is 2. The first-order chi connectivity index (χ1) is 2.77. The Morgan fingerprint density at radius 1 is 1.71 bits per heavy atom. The second-order valence-corrected chi connectivity index (χ2v) is 0.911. The van der Waals surface area contributed by atoms with Gasteiger partial charge in [0.05, 0.1) is 0 Å². The van der Waals surface area contributed by atoms with Gasteiger partial charge in [0.1, 0.15) is 0 Å². The van der Waals surface area contributed by atoms with Gasteiger partial charge in [-0.15, -0.1) is 0 Å². The molecule has 0 spiro atoms. The molecule has 3 nitrogen and oxygen atoms in total. The number of nitrogens with two attached hydrogens (primary N) is 1. The molecule has 0 fully saturated rings. The van der Waals surface area contributed by atoms with Gasteiger partial charge in [-0.3, -0.25) is 0 Å². The minimum atomic E-state index is -1.09. The summed E-state index contributed by atoms with van der Waals surface area (Å²) in [6, 6.07) is 0. The van der Waals surface area contributed by atoms with Crippen molar-refractivity contribution >= 4 is 5.97 Å². The minimum absolute atomic E-state index is 0. The molecule has 0 bridgehead atoms. The van der Waals surface area contributed by atoms with Gasteiger partial charge in [0.15, 0.2) is 0 Å². The van der Waals surface area contributed by atoms with Crippen LogP contribution in [-0.2, 0) is 24.3 Å². The van der Waals surface area contributed by atoms with Gasteiger partial charge in [0, 0.05) is 5.97 Å². The number of aliphatic carboxylic acids is 1. The standard InChI is InChI=1S/C3H7NO2.Zn/c4-2-1-3(5)6;/h1-2,4H2,(H,5,6);/q;+2/p-1. The largest absolute Gasteiger partial charge is 2.00 e. The van der Waals surface area contributed by atoms with Crippen LogP contribution in [0.3, 0.4) is 0 Å². The van der Waals surface area contributed by atoms with Crippen molar-refractivity contribution < 1.29 is 29.4 Å². The molecule has 4 heteroatoms. The third-order valence-electron chi connectivity index (χ3n) is 0.348. The van der Waals surface area contributed by atoms with Crippen LogP contribution in [0.4, 0.5) is 0 Å². The molecule has 0 aromatic heterocycles. The summed E-state index contributed by atoms with van der Waals surface area (Å²) in [5, 5.41) is 9.41. The first-order valence-electron chi connectivity index (χ1n) is 1.67. The molecule has 0 amide bonds. The van der Waals surface area contributed by atoms with E-state index in [9.17, 15) is 9.90 Å². The third-order valence-corrected chi connectivity index (χ3v) is 0.348. The molecular formula is C3H6NO2Zn+. The zero-order valence-corrected chi connectivity index (χ0v) is 6.98. The molecule has 0 aromatic rings.